The summed E-state index contributed by atoms with van der Waals surface area (Å²) in [6, 6.07) is 3.23. The second-order valence-electron chi connectivity index (χ2n) is 3.86. The predicted octanol–water partition coefficient (Wildman–Crippen LogP) is 1.24. The van der Waals surface area contributed by atoms with Gasteiger partial charge in [0.25, 0.3) is 5.91 Å². The van der Waals surface area contributed by atoms with Crippen LogP contribution in [0.15, 0.2) is 18.2 Å². The molecule has 5 nitrogen and oxygen atoms in total. The molecular weight excluding hydrogens is 277 g/mol. The monoisotopic (exact) mass is 290 g/mol. The van der Waals surface area contributed by atoms with E-state index in [0.717, 1.165) is 19.2 Å². The molecule has 0 fully saturated rings. The van der Waals surface area contributed by atoms with Crippen molar-refractivity contribution < 1.29 is 27.5 Å². The molecule has 20 heavy (non-hydrogen) atoms. The maximum absolute atomic E-state index is 13.1. The van der Waals surface area contributed by atoms with Gasteiger partial charge in [-0.05, 0) is 6.07 Å². The van der Waals surface area contributed by atoms with E-state index < -0.39 is 40.8 Å². The first-order valence-electron chi connectivity index (χ1n) is 5.48. The van der Waals surface area contributed by atoms with Gasteiger partial charge >= 0.3 is 6.18 Å². The molecule has 0 saturated heterocycles. The Labute approximate surface area is 112 Å². The third kappa shape index (κ3) is 3.08. The molecule has 3 N–H and O–H groups in total. The fourth-order valence-electron chi connectivity index (χ4n) is 1.82. The topological polar surface area (TPSA) is 81.4 Å². The molecule has 8 heteroatoms. The first-order chi connectivity index (χ1) is 9.23. The summed E-state index contributed by atoms with van der Waals surface area (Å²) in [7, 11) is 2.36. The van der Waals surface area contributed by atoms with Crippen molar-refractivity contribution in [2.24, 2.45) is 5.73 Å². The van der Waals surface area contributed by atoms with E-state index >= 15 is 0 Å². The quantitative estimate of drug-likeness (QED) is 0.875. The van der Waals surface area contributed by atoms with E-state index in [-0.39, 0.29) is 0 Å². The van der Waals surface area contributed by atoms with Crippen molar-refractivity contribution in [3.8, 4) is 0 Å². The second-order valence-corrected chi connectivity index (χ2v) is 3.86. The summed E-state index contributed by atoms with van der Waals surface area (Å²) in [4.78, 5) is 22.7. The highest BCUT2D eigenvalue weighted by atomic mass is 19.4. The van der Waals surface area contributed by atoms with E-state index in [1.165, 1.54) is 13.1 Å². The zero-order valence-corrected chi connectivity index (χ0v) is 10.7. The SMILES string of the molecule is CNC(=O)C(OC)c1cccc(C(N)=O)c1C(F)(F)F. The van der Waals surface area contributed by atoms with E-state index in [9.17, 15) is 22.8 Å². The van der Waals surface area contributed by atoms with Gasteiger partial charge in [0.15, 0.2) is 6.10 Å². The van der Waals surface area contributed by atoms with E-state index in [2.05, 4.69) is 5.32 Å². The minimum Gasteiger partial charge on any atom is -0.367 e. The van der Waals surface area contributed by atoms with Crippen LogP contribution in [0.1, 0.15) is 27.6 Å². The fourth-order valence-corrected chi connectivity index (χ4v) is 1.82. The Morgan fingerprint density at radius 1 is 1.35 bits per heavy atom. The van der Waals surface area contributed by atoms with Crippen molar-refractivity contribution in [1.82, 2.24) is 5.32 Å². The Hall–Kier alpha value is -2.09. The number of primary amides is 1. The molecule has 2 amide bonds. The largest absolute Gasteiger partial charge is 0.417 e. The summed E-state index contributed by atoms with van der Waals surface area (Å²) in [6.45, 7) is 0. The van der Waals surface area contributed by atoms with E-state index in [1.807, 2.05) is 0 Å². The van der Waals surface area contributed by atoms with Gasteiger partial charge in [-0.3, -0.25) is 9.59 Å². The third-order valence-corrected chi connectivity index (χ3v) is 2.65. The second kappa shape index (κ2) is 5.91. The minimum atomic E-state index is -4.84. The number of amides is 2. The zero-order valence-electron chi connectivity index (χ0n) is 10.7. The Balaban J connectivity index is 3.58. The average Bonchev–Trinajstić information content (AvgIpc) is 2.37. The summed E-state index contributed by atoms with van der Waals surface area (Å²) < 4.78 is 44.2. The van der Waals surface area contributed by atoms with Crippen LogP contribution in [-0.4, -0.2) is 26.0 Å². The first kappa shape index (κ1) is 16.0. The van der Waals surface area contributed by atoms with Crippen LogP contribution < -0.4 is 11.1 Å². The number of halogens is 3. The number of carbonyl (C=O) groups excluding carboxylic acids is 2. The van der Waals surface area contributed by atoms with Gasteiger partial charge in [0.05, 0.1) is 11.1 Å². The lowest BCUT2D eigenvalue weighted by molar-refractivity contribution is -0.141. The average molecular weight is 290 g/mol. The summed E-state index contributed by atoms with van der Waals surface area (Å²) in [5, 5.41) is 2.19. The number of alkyl halides is 3. The van der Waals surface area contributed by atoms with Gasteiger partial charge in [-0.25, -0.2) is 0 Å². The van der Waals surface area contributed by atoms with Crippen LogP contribution in [0.4, 0.5) is 13.2 Å². The standard InChI is InChI=1S/C12H13F3N2O3/c1-17-11(19)9(20-2)6-4-3-5-7(10(16)18)8(6)12(13,14)15/h3-5,9H,1-2H3,(H2,16,18)(H,17,19). The first-order valence-corrected chi connectivity index (χ1v) is 5.48. The number of carbonyl (C=O) groups is 2. The smallest absolute Gasteiger partial charge is 0.367 e. The van der Waals surface area contributed by atoms with Crippen LogP contribution in [0.3, 0.4) is 0 Å². The fraction of sp³-hybridized carbons (Fsp3) is 0.333. The Kier molecular flexibility index (Phi) is 4.72. The number of rotatable bonds is 4. The van der Waals surface area contributed by atoms with Crippen molar-refractivity contribution in [2.75, 3.05) is 14.2 Å². The lowest BCUT2D eigenvalue weighted by atomic mass is 9.95. The Bertz CT molecular complexity index is 529. The highest BCUT2D eigenvalue weighted by Gasteiger charge is 2.40. The summed E-state index contributed by atoms with van der Waals surface area (Å²) in [6.07, 6.45) is -6.33. The van der Waals surface area contributed by atoms with Crippen LogP contribution in [0, 0.1) is 0 Å². The van der Waals surface area contributed by atoms with Gasteiger partial charge < -0.3 is 15.8 Å². The number of methoxy groups -OCH3 is 1. The van der Waals surface area contributed by atoms with Gasteiger partial charge in [-0.15, -0.1) is 0 Å². The molecule has 1 unspecified atom stereocenters. The van der Waals surface area contributed by atoms with Crippen LogP contribution >= 0.6 is 0 Å². The van der Waals surface area contributed by atoms with Crippen LogP contribution in [0.25, 0.3) is 0 Å². The summed E-state index contributed by atoms with van der Waals surface area (Å²) in [5.74, 6) is -1.99. The Morgan fingerprint density at radius 2 is 1.95 bits per heavy atom. The van der Waals surface area contributed by atoms with Crippen LogP contribution in [0.2, 0.25) is 0 Å². The van der Waals surface area contributed by atoms with Gasteiger partial charge in [-0.1, -0.05) is 12.1 Å². The highest BCUT2D eigenvalue weighted by Crippen LogP contribution is 2.38. The molecule has 1 rings (SSSR count). The van der Waals surface area contributed by atoms with Crippen molar-refractivity contribution in [3.05, 3.63) is 34.9 Å². The molecule has 0 heterocycles. The molecule has 1 aromatic rings. The van der Waals surface area contributed by atoms with Crippen LogP contribution in [-0.2, 0) is 15.7 Å². The number of nitrogens with one attached hydrogen (secondary N) is 1. The molecule has 1 aromatic carbocycles. The van der Waals surface area contributed by atoms with Gasteiger partial charge in [0, 0.05) is 19.7 Å². The molecular formula is C12H13F3N2O3. The maximum Gasteiger partial charge on any atom is 0.417 e. The maximum atomic E-state index is 13.1. The Morgan fingerprint density at radius 3 is 2.35 bits per heavy atom. The van der Waals surface area contributed by atoms with Crippen molar-refractivity contribution in [1.29, 1.82) is 0 Å². The molecule has 0 aliphatic heterocycles. The molecule has 1 atom stereocenters. The molecule has 110 valence electrons. The molecule has 0 saturated carbocycles. The van der Waals surface area contributed by atoms with Crippen molar-refractivity contribution in [3.63, 3.8) is 0 Å². The number of likely N-dealkylation sites (N-methyl/N-ethyl adjacent to an activating group) is 1. The minimum absolute atomic E-state index is 0.462. The van der Waals surface area contributed by atoms with Gasteiger partial charge in [0.2, 0.25) is 5.91 Å². The lowest BCUT2D eigenvalue weighted by Gasteiger charge is -2.21. The predicted molar refractivity (Wildman–Crippen MR) is 63.8 cm³/mol. The van der Waals surface area contributed by atoms with E-state index in [0.29, 0.717) is 0 Å². The number of hydrogen-bond acceptors (Lipinski definition) is 3. The normalized spacial score (nSPS) is 12.8. The molecule has 0 spiro atoms. The van der Waals surface area contributed by atoms with Gasteiger partial charge in [0.1, 0.15) is 0 Å². The number of hydrogen-bond donors (Lipinski definition) is 2. The molecule has 0 aromatic heterocycles. The summed E-state index contributed by atoms with van der Waals surface area (Å²) >= 11 is 0. The lowest BCUT2D eigenvalue weighted by Crippen LogP contribution is -2.30. The zero-order chi connectivity index (χ0) is 15.5. The van der Waals surface area contributed by atoms with Gasteiger partial charge in [-0.2, -0.15) is 13.2 Å². The molecule has 0 aliphatic rings. The molecule has 0 radical (unpaired) electrons. The molecule has 0 bridgehead atoms. The third-order valence-electron chi connectivity index (χ3n) is 2.65. The van der Waals surface area contributed by atoms with Crippen LogP contribution in [0.5, 0.6) is 0 Å². The van der Waals surface area contributed by atoms with Crippen molar-refractivity contribution in [2.45, 2.75) is 12.3 Å². The van der Waals surface area contributed by atoms with Crippen molar-refractivity contribution >= 4 is 11.8 Å². The van der Waals surface area contributed by atoms with E-state index in [4.69, 9.17) is 10.5 Å². The molecule has 0 aliphatic carbocycles. The number of ether oxygens (including phenoxy) is 1. The number of nitrogens with two attached hydrogens (primary N) is 1. The number of benzene rings is 1. The van der Waals surface area contributed by atoms with E-state index in [1.54, 1.807) is 0 Å². The highest BCUT2D eigenvalue weighted by molar-refractivity contribution is 5.95. The summed E-state index contributed by atoms with van der Waals surface area (Å²) in [5.41, 5.74) is 2.52.